The van der Waals surface area contributed by atoms with E-state index in [4.69, 9.17) is 11.6 Å². The lowest BCUT2D eigenvalue weighted by Crippen LogP contribution is -2.16. The Morgan fingerprint density at radius 1 is 1.00 bits per heavy atom. The number of carbonyl (C=O) groups is 2. The van der Waals surface area contributed by atoms with Gasteiger partial charge in [0.15, 0.2) is 15.6 Å². The third kappa shape index (κ3) is 4.64. The molecule has 0 radical (unpaired) electrons. The first-order chi connectivity index (χ1) is 10.8. The van der Waals surface area contributed by atoms with E-state index in [1.54, 1.807) is 0 Å². The molecule has 5 nitrogen and oxygen atoms in total. The van der Waals surface area contributed by atoms with Crippen molar-refractivity contribution in [3.63, 3.8) is 0 Å². The van der Waals surface area contributed by atoms with E-state index < -0.39 is 21.4 Å². The molecular weight excluding hydrogens is 338 g/mol. The zero-order valence-electron chi connectivity index (χ0n) is 12.2. The molecule has 0 saturated heterocycles. The van der Waals surface area contributed by atoms with E-state index in [1.807, 2.05) is 0 Å². The molecule has 0 atom stereocenters. The summed E-state index contributed by atoms with van der Waals surface area (Å²) in [5.74, 6) is -1.39. The van der Waals surface area contributed by atoms with Crippen LogP contribution < -0.4 is 5.32 Å². The molecule has 2 rings (SSSR count). The Kier molecular flexibility index (Phi) is 5.18. The number of Topliss-reactive ketones (excluding diaryl/α,β-unsaturated/α-hetero) is 1. The second kappa shape index (κ2) is 6.93. The number of anilines is 1. The topological polar surface area (TPSA) is 80.3 Å². The molecule has 1 N–H and O–H groups in total. The van der Waals surface area contributed by atoms with Crippen LogP contribution in [0.5, 0.6) is 0 Å². The van der Waals surface area contributed by atoms with Crippen LogP contribution in [-0.4, -0.2) is 25.9 Å². The SMILES string of the molecule is CC(=O)Nc1ccc(S(=O)(=O)CC(=O)c2ccc(Cl)cc2)cc1. The van der Waals surface area contributed by atoms with Gasteiger partial charge in [0.1, 0.15) is 5.75 Å². The lowest BCUT2D eigenvalue weighted by atomic mass is 10.1. The van der Waals surface area contributed by atoms with E-state index in [0.29, 0.717) is 10.7 Å². The van der Waals surface area contributed by atoms with Crippen LogP contribution in [0.2, 0.25) is 5.02 Å². The maximum atomic E-state index is 12.3. The number of carbonyl (C=O) groups excluding carboxylic acids is 2. The molecule has 2 aromatic carbocycles. The molecule has 0 bridgehead atoms. The molecule has 0 heterocycles. The first kappa shape index (κ1) is 17.2. The van der Waals surface area contributed by atoms with Gasteiger partial charge in [-0.1, -0.05) is 11.6 Å². The number of hydrogen-bond donors (Lipinski definition) is 1. The number of benzene rings is 2. The van der Waals surface area contributed by atoms with E-state index in [9.17, 15) is 18.0 Å². The van der Waals surface area contributed by atoms with Crippen LogP contribution in [0.1, 0.15) is 17.3 Å². The monoisotopic (exact) mass is 351 g/mol. The van der Waals surface area contributed by atoms with Gasteiger partial charge in [0.25, 0.3) is 0 Å². The van der Waals surface area contributed by atoms with Gasteiger partial charge in [0.2, 0.25) is 5.91 Å². The molecular formula is C16H14ClNO4S. The molecule has 1 amide bonds. The van der Waals surface area contributed by atoms with Crippen molar-refractivity contribution in [3.8, 4) is 0 Å². The fraction of sp³-hybridized carbons (Fsp3) is 0.125. The van der Waals surface area contributed by atoms with Gasteiger partial charge in [0, 0.05) is 23.2 Å². The van der Waals surface area contributed by atoms with E-state index in [2.05, 4.69) is 5.32 Å². The van der Waals surface area contributed by atoms with Crippen molar-refractivity contribution in [2.75, 3.05) is 11.1 Å². The van der Waals surface area contributed by atoms with Crippen molar-refractivity contribution in [1.82, 2.24) is 0 Å². The number of amides is 1. The highest BCUT2D eigenvalue weighted by Crippen LogP contribution is 2.17. The van der Waals surface area contributed by atoms with Crippen molar-refractivity contribution in [2.45, 2.75) is 11.8 Å². The summed E-state index contributed by atoms with van der Waals surface area (Å²) < 4.78 is 24.6. The summed E-state index contributed by atoms with van der Waals surface area (Å²) in [5, 5.41) is 3.01. The molecule has 0 spiro atoms. The molecule has 0 saturated carbocycles. The Bertz CT molecular complexity index is 827. The zero-order valence-corrected chi connectivity index (χ0v) is 13.8. The van der Waals surface area contributed by atoms with Gasteiger partial charge < -0.3 is 5.32 Å². The molecule has 0 fully saturated rings. The van der Waals surface area contributed by atoms with Gasteiger partial charge in [0.05, 0.1) is 4.90 Å². The fourth-order valence-electron chi connectivity index (χ4n) is 1.92. The first-order valence-corrected chi connectivity index (χ1v) is 8.70. The predicted octanol–water partition coefficient (Wildman–Crippen LogP) is 2.96. The zero-order chi connectivity index (χ0) is 17.0. The van der Waals surface area contributed by atoms with E-state index >= 15 is 0 Å². The summed E-state index contributed by atoms with van der Waals surface area (Å²) in [6, 6.07) is 11.7. The van der Waals surface area contributed by atoms with E-state index in [1.165, 1.54) is 55.5 Å². The first-order valence-electron chi connectivity index (χ1n) is 6.67. The highest BCUT2D eigenvalue weighted by Gasteiger charge is 2.20. The van der Waals surface area contributed by atoms with Crippen molar-refractivity contribution in [3.05, 3.63) is 59.1 Å². The fourth-order valence-corrected chi connectivity index (χ4v) is 3.28. The number of hydrogen-bond acceptors (Lipinski definition) is 4. The number of nitrogens with one attached hydrogen (secondary N) is 1. The second-order valence-corrected chi connectivity index (χ2v) is 7.32. The summed E-state index contributed by atoms with van der Waals surface area (Å²) in [5.41, 5.74) is 0.772. The smallest absolute Gasteiger partial charge is 0.221 e. The van der Waals surface area contributed by atoms with Crippen molar-refractivity contribution in [2.24, 2.45) is 0 Å². The highest BCUT2D eigenvalue weighted by molar-refractivity contribution is 7.92. The predicted molar refractivity (Wildman–Crippen MR) is 88.6 cm³/mol. The van der Waals surface area contributed by atoms with Crippen LogP contribution in [0.3, 0.4) is 0 Å². The van der Waals surface area contributed by atoms with Gasteiger partial charge in [-0.15, -0.1) is 0 Å². The van der Waals surface area contributed by atoms with Crippen LogP contribution >= 0.6 is 11.6 Å². The Hall–Kier alpha value is -2.18. The van der Waals surface area contributed by atoms with Crippen LogP contribution in [0.4, 0.5) is 5.69 Å². The number of sulfone groups is 1. The highest BCUT2D eigenvalue weighted by atomic mass is 35.5. The molecule has 0 aliphatic rings. The average molecular weight is 352 g/mol. The molecule has 7 heteroatoms. The van der Waals surface area contributed by atoms with Crippen LogP contribution in [-0.2, 0) is 14.6 Å². The minimum atomic E-state index is -3.76. The van der Waals surface area contributed by atoms with Crippen LogP contribution in [0, 0.1) is 0 Å². The molecule has 0 aliphatic heterocycles. The molecule has 23 heavy (non-hydrogen) atoms. The van der Waals surface area contributed by atoms with Gasteiger partial charge in [-0.2, -0.15) is 0 Å². The summed E-state index contributed by atoms with van der Waals surface area (Å²) >= 11 is 5.74. The maximum absolute atomic E-state index is 12.3. The Labute approximate surface area is 139 Å². The summed E-state index contributed by atoms with van der Waals surface area (Å²) in [6.45, 7) is 1.36. The third-order valence-electron chi connectivity index (χ3n) is 3.02. The van der Waals surface area contributed by atoms with Crippen LogP contribution in [0.25, 0.3) is 0 Å². The van der Waals surface area contributed by atoms with Gasteiger partial charge in [-0.25, -0.2) is 8.42 Å². The summed E-state index contributed by atoms with van der Waals surface area (Å²) in [4.78, 5) is 23.0. The number of halogens is 1. The minimum Gasteiger partial charge on any atom is -0.326 e. The van der Waals surface area contributed by atoms with Gasteiger partial charge in [-0.3, -0.25) is 9.59 Å². The average Bonchev–Trinajstić information content (AvgIpc) is 2.47. The van der Waals surface area contributed by atoms with Crippen LogP contribution in [0.15, 0.2) is 53.4 Å². The lowest BCUT2D eigenvalue weighted by Gasteiger charge is -2.06. The number of ketones is 1. The second-order valence-electron chi connectivity index (χ2n) is 4.89. The quantitative estimate of drug-likeness (QED) is 0.840. The lowest BCUT2D eigenvalue weighted by molar-refractivity contribution is -0.114. The molecule has 2 aromatic rings. The van der Waals surface area contributed by atoms with E-state index in [0.717, 1.165) is 0 Å². The van der Waals surface area contributed by atoms with E-state index in [-0.39, 0.29) is 16.4 Å². The Morgan fingerprint density at radius 2 is 1.57 bits per heavy atom. The molecule has 0 aliphatic carbocycles. The largest absolute Gasteiger partial charge is 0.326 e. The standard InChI is InChI=1S/C16H14ClNO4S/c1-11(19)18-14-6-8-15(9-7-14)23(21,22)10-16(20)12-2-4-13(17)5-3-12/h2-9H,10H2,1H3,(H,18,19). The van der Waals surface area contributed by atoms with Crippen molar-refractivity contribution in [1.29, 1.82) is 0 Å². The van der Waals surface area contributed by atoms with Crippen molar-refractivity contribution >= 4 is 38.8 Å². The molecule has 0 unspecified atom stereocenters. The van der Waals surface area contributed by atoms with Gasteiger partial charge in [-0.05, 0) is 48.5 Å². The molecule has 0 aromatic heterocycles. The summed E-state index contributed by atoms with van der Waals surface area (Å²) in [6.07, 6.45) is 0. The Morgan fingerprint density at radius 3 is 2.09 bits per heavy atom. The van der Waals surface area contributed by atoms with Crippen molar-refractivity contribution < 1.29 is 18.0 Å². The summed E-state index contributed by atoms with van der Waals surface area (Å²) in [7, 11) is -3.76. The van der Waals surface area contributed by atoms with Gasteiger partial charge >= 0.3 is 0 Å². The Balaban J connectivity index is 2.16. The molecule has 120 valence electrons. The maximum Gasteiger partial charge on any atom is 0.221 e. The third-order valence-corrected chi connectivity index (χ3v) is 4.91. The number of rotatable bonds is 5. The normalized spacial score (nSPS) is 11.0. The minimum absolute atomic E-state index is 0.0221.